The second-order valence-electron chi connectivity index (χ2n) is 10.3. The van der Waals surface area contributed by atoms with Crippen molar-refractivity contribution in [3.05, 3.63) is 65.5 Å². The van der Waals surface area contributed by atoms with Crippen LogP contribution in [0.2, 0.25) is 0 Å². The molecule has 43 heavy (non-hydrogen) atoms. The molecule has 0 saturated carbocycles. The average molecular weight is 597 g/mol. The highest BCUT2D eigenvalue weighted by Crippen LogP contribution is 2.35. The summed E-state index contributed by atoms with van der Waals surface area (Å²) >= 11 is 0. The number of aromatic nitrogens is 2. The number of aliphatic hydroxyl groups is 1. The van der Waals surface area contributed by atoms with Gasteiger partial charge in [0.05, 0.1) is 34.7 Å². The van der Waals surface area contributed by atoms with E-state index in [0.29, 0.717) is 42.4 Å². The van der Waals surface area contributed by atoms with E-state index in [9.17, 15) is 28.3 Å². The number of hydrogen-bond acceptors (Lipinski definition) is 9. The predicted octanol–water partition coefficient (Wildman–Crippen LogP) is 3.89. The van der Waals surface area contributed by atoms with Crippen LogP contribution in [0.5, 0.6) is 11.6 Å². The molecular formula is C30H31F3N6O4. The number of anilines is 1. The Kier molecular flexibility index (Phi) is 8.98. The fraction of sp³-hybridized carbons (Fsp3) is 0.400. The second kappa shape index (κ2) is 12.8. The van der Waals surface area contributed by atoms with Crippen molar-refractivity contribution in [2.24, 2.45) is 0 Å². The molecule has 1 aromatic carbocycles. The molecule has 2 aromatic heterocycles. The number of halogens is 3. The van der Waals surface area contributed by atoms with Crippen LogP contribution < -0.4 is 25.0 Å². The number of nitrogens with one attached hydrogen (secondary N) is 2. The number of rotatable bonds is 8. The van der Waals surface area contributed by atoms with Gasteiger partial charge in [0.25, 0.3) is 5.91 Å². The maximum Gasteiger partial charge on any atom is 0.416 e. The minimum absolute atomic E-state index is 0.0129. The third-order valence-corrected chi connectivity index (χ3v) is 7.37. The summed E-state index contributed by atoms with van der Waals surface area (Å²) in [4.78, 5) is 24.2. The van der Waals surface area contributed by atoms with Gasteiger partial charge >= 0.3 is 6.18 Å². The van der Waals surface area contributed by atoms with Crippen molar-refractivity contribution in [2.45, 2.75) is 50.7 Å². The molecule has 0 radical (unpaired) electrons. The highest BCUT2D eigenvalue weighted by Gasteiger charge is 2.34. The van der Waals surface area contributed by atoms with Gasteiger partial charge in [-0.2, -0.15) is 18.4 Å². The Bertz CT molecular complexity index is 1510. The summed E-state index contributed by atoms with van der Waals surface area (Å²) in [5, 5.41) is 26.8. The minimum Gasteiger partial charge on any atom is -0.489 e. The van der Waals surface area contributed by atoms with E-state index in [4.69, 9.17) is 14.5 Å². The van der Waals surface area contributed by atoms with Crippen molar-refractivity contribution < 1.29 is 32.5 Å². The number of nitrogens with zero attached hydrogens (tertiary/aromatic N) is 4. The number of pyridine rings is 2. The van der Waals surface area contributed by atoms with Crippen LogP contribution in [0.4, 0.5) is 18.9 Å². The molecule has 0 bridgehead atoms. The van der Waals surface area contributed by atoms with Gasteiger partial charge < -0.3 is 30.1 Å². The van der Waals surface area contributed by atoms with E-state index in [1.54, 1.807) is 41.4 Å². The number of carbonyl (C=O) groups excluding carboxylic acids is 1. The number of carbonyl (C=O) groups is 1. The maximum absolute atomic E-state index is 13.5. The van der Waals surface area contributed by atoms with Crippen LogP contribution in [0.25, 0.3) is 11.3 Å². The Morgan fingerprint density at radius 3 is 2.79 bits per heavy atom. The molecule has 13 heteroatoms. The minimum atomic E-state index is -4.59. The molecule has 4 heterocycles. The quantitative estimate of drug-likeness (QED) is 0.354. The SMILES string of the molecule is CCOc1ncccc1-c1ccc(N2CC[C@H](Oc3ccc(C(F)(F)F)cc3C#N)C[C@H]2O)c(C(=O)N[C@@H]2CCNC2)n1. The molecule has 5 rings (SSSR count). The molecule has 10 nitrogen and oxygen atoms in total. The van der Waals surface area contributed by atoms with Gasteiger partial charge in [-0.15, -0.1) is 0 Å². The summed E-state index contributed by atoms with van der Waals surface area (Å²) in [5.74, 6) is 0.00924. The Labute approximate surface area is 246 Å². The van der Waals surface area contributed by atoms with Gasteiger partial charge in [0, 0.05) is 38.2 Å². The van der Waals surface area contributed by atoms with E-state index in [0.717, 1.165) is 31.2 Å². The van der Waals surface area contributed by atoms with Gasteiger partial charge in [-0.05, 0) is 62.4 Å². The van der Waals surface area contributed by atoms with Crippen molar-refractivity contribution in [3.8, 4) is 29.0 Å². The number of aliphatic hydroxyl groups excluding tert-OH is 1. The predicted molar refractivity (Wildman–Crippen MR) is 151 cm³/mol. The lowest BCUT2D eigenvalue weighted by Crippen LogP contribution is -2.47. The molecule has 3 N–H and O–H groups in total. The van der Waals surface area contributed by atoms with Crippen LogP contribution in [0, 0.1) is 11.3 Å². The molecule has 3 atom stereocenters. The zero-order valence-corrected chi connectivity index (χ0v) is 23.4. The van der Waals surface area contributed by atoms with E-state index in [1.807, 2.05) is 6.92 Å². The summed E-state index contributed by atoms with van der Waals surface area (Å²) in [5.41, 5.74) is 0.463. The molecular weight excluding hydrogens is 565 g/mol. The van der Waals surface area contributed by atoms with Gasteiger partial charge in [0.2, 0.25) is 5.88 Å². The lowest BCUT2D eigenvalue weighted by Gasteiger charge is -2.38. The molecule has 2 aliphatic heterocycles. The van der Waals surface area contributed by atoms with Gasteiger partial charge in [-0.3, -0.25) is 4.79 Å². The molecule has 3 aromatic rings. The first-order chi connectivity index (χ1) is 20.7. The van der Waals surface area contributed by atoms with Crippen molar-refractivity contribution >= 4 is 11.6 Å². The van der Waals surface area contributed by atoms with Gasteiger partial charge in [0.1, 0.15) is 24.2 Å². The number of ether oxygens (including phenoxy) is 2. The number of hydrogen-bond donors (Lipinski definition) is 3. The lowest BCUT2D eigenvalue weighted by molar-refractivity contribution is -0.137. The fourth-order valence-corrected chi connectivity index (χ4v) is 5.25. The van der Waals surface area contributed by atoms with E-state index >= 15 is 0 Å². The monoisotopic (exact) mass is 596 g/mol. The summed E-state index contributed by atoms with van der Waals surface area (Å²) in [6, 6.07) is 11.4. The van der Waals surface area contributed by atoms with Gasteiger partial charge in [0.15, 0.2) is 5.69 Å². The second-order valence-corrected chi connectivity index (χ2v) is 10.3. The number of piperidine rings is 1. The van der Waals surface area contributed by atoms with Crippen LogP contribution in [-0.2, 0) is 6.18 Å². The zero-order valence-electron chi connectivity index (χ0n) is 23.4. The largest absolute Gasteiger partial charge is 0.489 e. The van der Waals surface area contributed by atoms with Crippen LogP contribution in [0.15, 0.2) is 48.7 Å². The van der Waals surface area contributed by atoms with E-state index in [1.165, 1.54) is 0 Å². The van der Waals surface area contributed by atoms with Gasteiger partial charge in [-0.25, -0.2) is 9.97 Å². The first-order valence-electron chi connectivity index (χ1n) is 14.0. The third-order valence-electron chi connectivity index (χ3n) is 7.37. The van der Waals surface area contributed by atoms with Crippen molar-refractivity contribution in [2.75, 3.05) is 31.1 Å². The molecule has 226 valence electrons. The zero-order chi connectivity index (χ0) is 30.6. The molecule has 0 aliphatic carbocycles. The summed E-state index contributed by atoms with van der Waals surface area (Å²) in [7, 11) is 0. The topological polar surface area (TPSA) is 133 Å². The van der Waals surface area contributed by atoms with E-state index in [2.05, 4.69) is 15.6 Å². The van der Waals surface area contributed by atoms with E-state index < -0.39 is 24.1 Å². The first kappa shape index (κ1) is 30.1. The summed E-state index contributed by atoms with van der Waals surface area (Å²) < 4.78 is 50.8. The molecule has 0 spiro atoms. The Hall–Kier alpha value is -4.41. The summed E-state index contributed by atoms with van der Waals surface area (Å²) in [6.45, 7) is 3.93. The number of nitriles is 1. The van der Waals surface area contributed by atoms with Crippen LogP contribution >= 0.6 is 0 Å². The first-order valence-corrected chi connectivity index (χ1v) is 14.0. The Morgan fingerprint density at radius 1 is 1.26 bits per heavy atom. The van der Waals surface area contributed by atoms with Crippen LogP contribution in [0.3, 0.4) is 0 Å². The number of amides is 1. The normalized spacial score (nSPS) is 20.4. The maximum atomic E-state index is 13.5. The molecule has 2 saturated heterocycles. The molecule has 0 unspecified atom stereocenters. The van der Waals surface area contributed by atoms with Crippen molar-refractivity contribution in [1.29, 1.82) is 5.26 Å². The molecule has 1 amide bonds. The van der Waals surface area contributed by atoms with E-state index in [-0.39, 0.29) is 41.9 Å². The molecule has 2 fully saturated rings. The highest BCUT2D eigenvalue weighted by atomic mass is 19.4. The Morgan fingerprint density at radius 2 is 2.09 bits per heavy atom. The van der Waals surface area contributed by atoms with Crippen molar-refractivity contribution in [1.82, 2.24) is 20.6 Å². The van der Waals surface area contributed by atoms with Crippen molar-refractivity contribution in [3.63, 3.8) is 0 Å². The lowest BCUT2D eigenvalue weighted by atomic mass is 10.0. The standard InChI is InChI=1S/C30H31F3N6O4/c1-2-42-29-22(4-3-11-36-29)23-6-7-24(27(38-23)28(41)37-20-9-12-35-17-20)39-13-10-21(15-26(39)40)43-25-8-5-19(30(31,32)33)14-18(25)16-34/h3-8,11,14,20-21,26,35,40H,2,9-10,12-13,15,17H2,1H3,(H,37,41)/t20-,21+,26-/m1/s1. The van der Waals surface area contributed by atoms with Gasteiger partial charge in [-0.1, -0.05) is 0 Å². The number of benzene rings is 1. The highest BCUT2D eigenvalue weighted by molar-refractivity contribution is 5.99. The smallest absolute Gasteiger partial charge is 0.416 e. The third kappa shape index (κ3) is 6.81. The number of alkyl halides is 3. The Balaban J connectivity index is 1.39. The summed E-state index contributed by atoms with van der Waals surface area (Å²) in [6.07, 6.45) is -3.42. The van der Waals surface area contributed by atoms with Crippen LogP contribution in [0.1, 0.15) is 47.8 Å². The van der Waals surface area contributed by atoms with Crippen LogP contribution in [-0.4, -0.2) is 65.6 Å². The fourth-order valence-electron chi connectivity index (χ4n) is 5.25. The average Bonchev–Trinajstić information content (AvgIpc) is 3.50. The molecule has 2 aliphatic rings.